The molecule has 2 unspecified atom stereocenters. The molecule has 1 aliphatic rings. The van der Waals surface area contributed by atoms with Gasteiger partial charge in [-0.15, -0.1) is 0 Å². The van der Waals surface area contributed by atoms with Gasteiger partial charge < -0.3 is 14.7 Å². The Kier molecular flexibility index (Phi) is 4.10. The summed E-state index contributed by atoms with van der Waals surface area (Å²) in [5.74, 6) is 0.942. The molecule has 0 saturated carbocycles. The first kappa shape index (κ1) is 13.9. The van der Waals surface area contributed by atoms with E-state index in [0.29, 0.717) is 18.7 Å². The quantitative estimate of drug-likeness (QED) is 0.886. The van der Waals surface area contributed by atoms with Crippen LogP contribution < -0.4 is 4.74 Å². The molecule has 1 N–H and O–H groups in total. The second-order valence-electron chi connectivity index (χ2n) is 5.27. The van der Waals surface area contributed by atoms with Gasteiger partial charge in [0.2, 0.25) is 0 Å². The van der Waals surface area contributed by atoms with Gasteiger partial charge in [-0.3, -0.25) is 4.79 Å². The van der Waals surface area contributed by atoms with E-state index in [1.165, 1.54) is 0 Å². The van der Waals surface area contributed by atoms with E-state index in [1.54, 1.807) is 18.1 Å². The van der Waals surface area contributed by atoms with Crippen LogP contribution in [0.1, 0.15) is 29.3 Å². The lowest BCUT2D eigenvalue weighted by molar-refractivity contribution is 0.0248. The van der Waals surface area contributed by atoms with Crippen LogP contribution in [-0.4, -0.2) is 42.2 Å². The van der Waals surface area contributed by atoms with Gasteiger partial charge in [-0.1, -0.05) is 13.0 Å². The van der Waals surface area contributed by atoms with Gasteiger partial charge in [-0.05, 0) is 37.0 Å². The van der Waals surface area contributed by atoms with E-state index >= 15 is 0 Å². The Balaban J connectivity index is 2.15. The smallest absolute Gasteiger partial charge is 0.254 e. The normalized spacial score (nSPS) is 23.3. The topological polar surface area (TPSA) is 49.8 Å². The number of ether oxygens (including phenoxy) is 1. The highest BCUT2D eigenvalue weighted by molar-refractivity contribution is 5.94. The van der Waals surface area contributed by atoms with Gasteiger partial charge in [0.25, 0.3) is 5.91 Å². The standard InChI is InChI=1S/C15H21NO3/c1-10-6-7-16(9-13(10)17)15(18)12-5-4-11(2)14(8-12)19-3/h4-5,8,10,13,17H,6-7,9H2,1-3H3. The lowest BCUT2D eigenvalue weighted by Gasteiger charge is -2.34. The number of aryl methyl sites for hydroxylation is 1. The first-order chi connectivity index (χ1) is 9.02. The van der Waals surface area contributed by atoms with Crippen molar-refractivity contribution in [2.45, 2.75) is 26.4 Å². The van der Waals surface area contributed by atoms with E-state index in [9.17, 15) is 9.90 Å². The van der Waals surface area contributed by atoms with E-state index in [0.717, 1.165) is 17.7 Å². The summed E-state index contributed by atoms with van der Waals surface area (Å²) in [7, 11) is 1.60. The van der Waals surface area contributed by atoms with Gasteiger partial charge in [0.1, 0.15) is 5.75 Å². The van der Waals surface area contributed by atoms with Gasteiger partial charge in [0.15, 0.2) is 0 Å². The van der Waals surface area contributed by atoms with Crippen LogP contribution in [0.25, 0.3) is 0 Å². The third kappa shape index (κ3) is 2.89. The molecule has 2 atom stereocenters. The highest BCUT2D eigenvalue weighted by Gasteiger charge is 2.28. The second kappa shape index (κ2) is 5.61. The SMILES string of the molecule is COc1cc(C(=O)N2CCC(C)C(O)C2)ccc1C. The average Bonchev–Trinajstić information content (AvgIpc) is 2.41. The number of piperidine rings is 1. The average molecular weight is 263 g/mol. The molecule has 0 aromatic heterocycles. The number of hydrogen-bond acceptors (Lipinski definition) is 3. The lowest BCUT2D eigenvalue weighted by Crippen LogP contribution is -2.45. The van der Waals surface area contributed by atoms with Crippen LogP contribution in [0.4, 0.5) is 0 Å². The maximum absolute atomic E-state index is 12.4. The molecule has 0 aliphatic carbocycles. The summed E-state index contributed by atoms with van der Waals surface area (Å²) in [5, 5.41) is 9.87. The number of carbonyl (C=O) groups is 1. The molecular formula is C15H21NO3. The minimum absolute atomic E-state index is 0.0377. The van der Waals surface area contributed by atoms with Crippen molar-refractivity contribution < 1.29 is 14.6 Å². The van der Waals surface area contributed by atoms with Gasteiger partial charge in [-0.25, -0.2) is 0 Å². The third-order valence-electron chi connectivity index (χ3n) is 3.86. The fourth-order valence-electron chi connectivity index (χ4n) is 2.37. The molecule has 2 rings (SSSR count). The zero-order chi connectivity index (χ0) is 14.0. The molecular weight excluding hydrogens is 242 g/mol. The number of amides is 1. The highest BCUT2D eigenvalue weighted by atomic mass is 16.5. The Morgan fingerprint density at radius 2 is 2.21 bits per heavy atom. The van der Waals surface area contributed by atoms with Crippen LogP contribution in [0.3, 0.4) is 0 Å². The molecule has 0 radical (unpaired) electrons. The van der Waals surface area contributed by atoms with Gasteiger partial charge in [-0.2, -0.15) is 0 Å². The number of benzene rings is 1. The van der Waals surface area contributed by atoms with E-state index in [2.05, 4.69) is 0 Å². The Labute approximate surface area is 114 Å². The van der Waals surface area contributed by atoms with Gasteiger partial charge in [0.05, 0.1) is 13.2 Å². The summed E-state index contributed by atoms with van der Waals surface area (Å²) in [6.45, 7) is 5.07. The van der Waals surface area contributed by atoms with Crippen molar-refractivity contribution in [3.63, 3.8) is 0 Å². The van der Waals surface area contributed by atoms with Crippen LogP contribution in [0.15, 0.2) is 18.2 Å². The van der Waals surface area contributed by atoms with Crippen LogP contribution >= 0.6 is 0 Å². The summed E-state index contributed by atoms with van der Waals surface area (Å²) < 4.78 is 5.24. The molecule has 1 saturated heterocycles. The summed E-state index contributed by atoms with van der Waals surface area (Å²) in [4.78, 5) is 14.1. The van der Waals surface area contributed by atoms with E-state index in [-0.39, 0.29) is 11.8 Å². The number of hydrogen-bond donors (Lipinski definition) is 1. The van der Waals surface area contributed by atoms with Crippen molar-refractivity contribution >= 4 is 5.91 Å². The Bertz CT molecular complexity index is 472. The third-order valence-corrected chi connectivity index (χ3v) is 3.86. The molecule has 4 nitrogen and oxygen atoms in total. The molecule has 1 fully saturated rings. The molecule has 0 spiro atoms. The Hall–Kier alpha value is -1.55. The van der Waals surface area contributed by atoms with Gasteiger partial charge in [0, 0.05) is 18.7 Å². The molecule has 1 heterocycles. The number of aliphatic hydroxyl groups is 1. The van der Waals surface area contributed by atoms with Crippen LogP contribution in [0.2, 0.25) is 0 Å². The molecule has 1 aliphatic heterocycles. The highest BCUT2D eigenvalue weighted by Crippen LogP contribution is 2.22. The molecule has 1 aromatic rings. The number of rotatable bonds is 2. The van der Waals surface area contributed by atoms with Crippen LogP contribution in [0, 0.1) is 12.8 Å². The van der Waals surface area contributed by atoms with E-state index in [4.69, 9.17) is 4.74 Å². The minimum atomic E-state index is -0.426. The van der Waals surface area contributed by atoms with Crippen molar-refractivity contribution in [1.29, 1.82) is 0 Å². The number of aliphatic hydroxyl groups excluding tert-OH is 1. The van der Waals surface area contributed by atoms with Crippen molar-refractivity contribution in [3.8, 4) is 5.75 Å². The number of β-amino-alcohol motifs (C(OH)–C–C–N with tert-alkyl or cyclic N) is 1. The largest absolute Gasteiger partial charge is 0.496 e. The zero-order valence-corrected chi connectivity index (χ0v) is 11.7. The minimum Gasteiger partial charge on any atom is -0.496 e. The van der Waals surface area contributed by atoms with Crippen molar-refractivity contribution in [3.05, 3.63) is 29.3 Å². The summed E-state index contributed by atoms with van der Waals surface area (Å²) in [6, 6.07) is 5.46. The molecule has 4 heteroatoms. The maximum atomic E-state index is 12.4. The predicted molar refractivity (Wildman–Crippen MR) is 73.4 cm³/mol. The van der Waals surface area contributed by atoms with E-state index in [1.807, 2.05) is 26.0 Å². The Morgan fingerprint density at radius 1 is 1.47 bits per heavy atom. The molecule has 1 amide bonds. The van der Waals surface area contributed by atoms with E-state index < -0.39 is 6.10 Å². The first-order valence-corrected chi connectivity index (χ1v) is 6.65. The lowest BCUT2D eigenvalue weighted by atomic mass is 9.95. The Morgan fingerprint density at radius 3 is 2.84 bits per heavy atom. The molecule has 0 bridgehead atoms. The van der Waals surface area contributed by atoms with Crippen LogP contribution in [-0.2, 0) is 0 Å². The summed E-state index contributed by atoms with van der Waals surface area (Å²) in [6.07, 6.45) is 0.417. The fourth-order valence-corrected chi connectivity index (χ4v) is 2.37. The maximum Gasteiger partial charge on any atom is 0.254 e. The summed E-state index contributed by atoms with van der Waals surface area (Å²) in [5.41, 5.74) is 1.62. The number of methoxy groups -OCH3 is 1. The first-order valence-electron chi connectivity index (χ1n) is 6.65. The molecule has 1 aromatic carbocycles. The number of nitrogens with zero attached hydrogens (tertiary/aromatic N) is 1. The zero-order valence-electron chi connectivity index (χ0n) is 11.7. The van der Waals surface area contributed by atoms with Crippen LogP contribution in [0.5, 0.6) is 5.75 Å². The molecule has 104 valence electrons. The van der Waals surface area contributed by atoms with Gasteiger partial charge >= 0.3 is 0 Å². The molecule has 19 heavy (non-hydrogen) atoms. The van der Waals surface area contributed by atoms with Crippen molar-refractivity contribution in [2.24, 2.45) is 5.92 Å². The fraction of sp³-hybridized carbons (Fsp3) is 0.533. The summed E-state index contributed by atoms with van der Waals surface area (Å²) >= 11 is 0. The number of carbonyl (C=O) groups excluding carboxylic acids is 1. The number of likely N-dealkylation sites (tertiary alicyclic amines) is 1. The predicted octanol–water partition coefficient (Wildman–Crippen LogP) is 1.85. The second-order valence-corrected chi connectivity index (χ2v) is 5.27. The monoisotopic (exact) mass is 263 g/mol. The van der Waals surface area contributed by atoms with Crippen molar-refractivity contribution in [2.75, 3.05) is 20.2 Å². The van der Waals surface area contributed by atoms with Crippen molar-refractivity contribution in [1.82, 2.24) is 4.90 Å².